The molecule has 0 spiro atoms. The van der Waals surface area contributed by atoms with Crippen LogP contribution < -0.4 is 0 Å². The van der Waals surface area contributed by atoms with E-state index in [0.717, 1.165) is 0 Å². The zero-order chi connectivity index (χ0) is 15.7. The summed E-state index contributed by atoms with van der Waals surface area (Å²) in [4.78, 5) is 0. The highest BCUT2D eigenvalue weighted by Crippen LogP contribution is 2.44. The van der Waals surface area contributed by atoms with E-state index in [1.54, 1.807) is 18.2 Å². The Labute approximate surface area is 117 Å². The van der Waals surface area contributed by atoms with E-state index in [4.69, 9.17) is 0 Å². The van der Waals surface area contributed by atoms with Crippen molar-refractivity contribution in [2.45, 2.75) is 43.1 Å². The third kappa shape index (κ3) is 3.70. The van der Waals surface area contributed by atoms with Gasteiger partial charge in [-0.05, 0) is 18.4 Å². The molecule has 2 unspecified atom stereocenters. The smallest absolute Gasteiger partial charge is 0.291 e. The molecule has 1 aliphatic rings. The fourth-order valence-electron chi connectivity index (χ4n) is 2.73. The molecule has 0 saturated heterocycles. The highest BCUT2D eigenvalue weighted by Gasteiger charge is 2.50. The molecular weight excluding hydrogens is 298 g/mol. The lowest BCUT2D eigenvalue weighted by molar-refractivity contribution is -0.331. The van der Waals surface area contributed by atoms with Crippen LogP contribution in [0, 0.1) is 0 Å². The summed E-state index contributed by atoms with van der Waals surface area (Å²) in [7, 11) is 0. The Morgan fingerprint density at radius 1 is 1.00 bits per heavy atom. The minimum absolute atomic E-state index is 0.312. The molecule has 1 saturated carbocycles. The van der Waals surface area contributed by atoms with Gasteiger partial charge >= 0.3 is 6.36 Å². The van der Waals surface area contributed by atoms with Crippen LogP contribution in [0.3, 0.4) is 0 Å². The minimum atomic E-state index is -4.91. The number of hydrogen-bond acceptors (Lipinski definition) is 1. The van der Waals surface area contributed by atoms with Gasteiger partial charge in [-0.15, -0.1) is 13.2 Å². The number of benzene rings is 1. The van der Waals surface area contributed by atoms with E-state index in [9.17, 15) is 26.3 Å². The summed E-state index contributed by atoms with van der Waals surface area (Å²) < 4.78 is 81.3. The first-order valence-electron chi connectivity index (χ1n) is 6.42. The van der Waals surface area contributed by atoms with Crippen LogP contribution in [0.15, 0.2) is 30.3 Å². The van der Waals surface area contributed by atoms with Gasteiger partial charge in [-0.25, -0.2) is 13.2 Å². The van der Waals surface area contributed by atoms with E-state index in [2.05, 4.69) is 4.74 Å². The van der Waals surface area contributed by atoms with Crippen molar-refractivity contribution in [1.82, 2.24) is 0 Å². The predicted octanol–water partition coefficient (Wildman–Crippen LogP) is 4.27. The number of rotatable bonds is 3. The van der Waals surface area contributed by atoms with Gasteiger partial charge in [0, 0.05) is 5.41 Å². The molecular formula is C14H14F6O. The van der Waals surface area contributed by atoms with Crippen molar-refractivity contribution >= 4 is 0 Å². The summed E-state index contributed by atoms with van der Waals surface area (Å²) in [5, 5.41) is 0. The summed E-state index contributed by atoms with van der Waals surface area (Å²) in [6, 6.07) is 7.66. The molecule has 2 rings (SSSR count). The Morgan fingerprint density at radius 3 is 2.00 bits per heavy atom. The van der Waals surface area contributed by atoms with Crippen molar-refractivity contribution in [2.24, 2.45) is 0 Å². The zero-order valence-corrected chi connectivity index (χ0v) is 10.9. The zero-order valence-electron chi connectivity index (χ0n) is 10.9. The number of ether oxygens (including phenoxy) is 1. The Morgan fingerprint density at radius 2 is 1.52 bits per heavy atom. The maximum absolute atomic E-state index is 13.7. The van der Waals surface area contributed by atoms with Crippen LogP contribution in [0.25, 0.3) is 0 Å². The summed E-state index contributed by atoms with van der Waals surface area (Å²) in [6.07, 6.45) is -12.6. The van der Waals surface area contributed by atoms with E-state index < -0.39 is 49.7 Å². The molecule has 7 heteroatoms. The molecule has 1 aromatic rings. The Hall–Kier alpha value is -1.24. The van der Waals surface area contributed by atoms with Gasteiger partial charge in [0.25, 0.3) is 0 Å². The van der Waals surface area contributed by atoms with Crippen LogP contribution in [0.2, 0.25) is 0 Å². The lowest BCUT2D eigenvalue weighted by Crippen LogP contribution is -2.49. The summed E-state index contributed by atoms with van der Waals surface area (Å²) in [6.45, 7) is -0.936. The SMILES string of the molecule is FC1CC(COC(F)(F)F)(c2ccccc2)CC(F)C1F. The average molecular weight is 312 g/mol. The molecule has 0 bridgehead atoms. The summed E-state index contributed by atoms with van der Waals surface area (Å²) in [5.74, 6) is 0. The lowest BCUT2D eigenvalue weighted by atomic mass is 9.68. The first kappa shape index (κ1) is 16.1. The average Bonchev–Trinajstić information content (AvgIpc) is 2.43. The van der Waals surface area contributed by atoms with E-state index in [-0.39, 0.29) is 0 Å². The Kier molecular flexibility index (Phi) is 4.51. The molecule has 1 fully saturated rings. The quantitative estimate of drug-likeness (QED) is 0.758. The largest absolute Gasteiger partial charge is 0.522 e. The molecule has 1 nitrogen and oxygen atoms in total. The fourth-order valence-corrected chi connectivity index (χ4v) is 2.73. The molecule has 0 aliphatic heterocycles. The van der Waals surface area contributed by atoms with Crippen molar-refractivity contribution in [1.29, 1.82) is 0 Å². The maximum atomic E-state index is 13.7. The van der Waals surface area contributed by atoms with Crippen LogP contribution in [0.4, 0.5) is 26.3 Å². The van der Waals surface area contributed by atoms with Gasteiger partial charge in [0.05, 0.1) is 6.61 Å². The van der Waals surface area contributed by atoms with Gasteiger partial charge in [0.1, 0.15) is 12.3 Å². The van der Waals surface area contributed by atoms with Crippen LogP contribution in [-0.4, -0.2) is 31.5 Å². The van der Waals surface area contributed by atoms with Crippen molar-refractivity contribution in [2.75, 3.05) is 6.61 Å². The van der Waals surface area contributed by atoms with Gasteiger partial charge in [0.15, 0.2) is 6.17 Å². The van der Waals surface area contributed by atoms with Gasteiger partial charge in [0.2, 0.25) is 0 Å². The molecule has 2 atom stereocenters. The predicted molar refractivity (Wildman–Crippen MR) is 64.0 cm³/mol. The Balaban J connectivity index is 2.31. The molecule has 0 N–H and O–H groups in total. The summed E-state index contributed by atoms with van der Waals surface area (Å²) in [5.41, 5.74) is -1.22. The lowest BCUT2D eigenvalue weighted by Gasteiger charge is -2.41. The van der Waals surface area contributed by atoms with E-state index in [1.165, 1.54) is 12.1 Å². The van der Waals surface area contributed by atoms with Crippen molar-refractivity contribution in [3.8, 4) is 0 Å². The normalized spacial score (nSPS) is 33.9. The van der Waals surface area contributed by atoms with Gasteiger partial charge in [-0.2, -0.15) is 0 Å². The second kappa shape index (κ2) is 5.87. The van der Waals surface area contributed by atoms with E-state index in [1.807, 2.05) is 0 Å². The van der Waals surface area contributed by atoms with Crippen molar-refractivity contribution < 1.29 is 31.1 Å². The third-order valence-corrected chi connectivity index (χ3v) is 3.76. The van der Waals surface area contributed by atoms with Crippen LogP contribution in [0.5, 0.6) is 0 Å². The third-order valence-electron chi connectivity index (χ3n) is 3.76. The first-order chi connectivity index (χ1) is 9.73. The van der Waals surface area contributed by atoms with Gasteiger partial charge < -0.3 is 0 Å². The van der Waals surface area contributed by atoms with Crippen LogP contribution in [-0.2, 0) is 10.2 Å². The van der Waals surface area contributed by atoms with Crippen molar-refractivity contribution in [3.63, 3.8) is 0 Å². The molecule has 1 aromatic carbocycles. The summed E-state index contributed by atoms with van der Waals surface area (Å²) >= 11 is 0. The fraction of sp³-hybridized carbons (Fsp3) is 0.571. The monoisotopic (exact) mass is 312 g/mol. The van der Waals surface area contributed by atoms with Crippen LogP contribution in [0.1, 0.15) is 18.4 Å². The molecule has 118 valence electrons. The number of alkyl halides is 6. The second-order valence-electron chi connectivity index (χ2n) is 5.27. The molecule has 0 heterocycles. The van der Waals surface area contributed by atoms with E-state index in [0.29, 0.717) is 5.56 Å². The standard InChI is InChI=1S/C14H14F6O/c15-10-6-13(7-11(16)12(10)17,8-21-14(18,19)20)9-4-2-1-3-5-9/h1-5,10-12H,6-8H2. The highest BCUT2D eigenvalue weighted by molar-refractivity contribution is 5.28. The van der Waals surface area contributed by atoms with Crippen LogP contribution >= 0.6 is 0 Å². The molecule has 0 radical (unpaired) electrons. The first-order valence-corrected chi connectivity index (χ1v) is 6.42. The number of hydrogen-bond donors (Lipinski definition) is 0. The molecule has 0 aromatic heterocycles. The molecule has 1 aliphatic carbocycles. The van der Waals surface area contributed by atoms with Gasteiger partial charge in [-0.3, -0.25) is 4.74 Å². The molecule has 21 heavy (non-hydrogen) atoms. The highest BCUT2D eigenvalue weighted by atomic mass is 19.4. The van der Waals surface area contributed by atoms with E-state index >= 15 is 0 Å². The topological polar surface area (TPSA) is 9.23 Å². The molecule has 0 amide bonds. The second-order valence-corrected chi connectivity index (χ2v) is 5.27. The Bertz CT molecular complexity index is 448. The van der Waals surface area contributed by atoms with Crippen molar-refractivity contribution in [3.05, 3.63) is 35.9 Å². The minimum Gasteiger partial charge on any atom is -0.291 e. The maximum Gasteiger partial charge on any atom is 0.522 e. The number of halogens is 6. The van der Waals surface area contributed by atoms with Gasteiger partial charge in [-0.1, -0.05) is 30.3 Å².